The fourth-order valence-electron chi connectivity index (χ4n) is 2.45. The molecule has 2 heteroatoms. The summed E-state index contributed by atoms with van der Waals surface area (Å²) in [5.41, 5.74) is 1.34. The molecule has 0 radical (unpaired) electrons. The maximum atomic E-state index is 5.59. The second-order valence-corrected chi connectivity index (χ2v) is 4.81. The van der Waals surface area contributed by atoms with Crippen LogP contribution in [0.4, 0.5) is 0 Å². The number of hydrogen-bond acceptors (Lipinski definition) is 2. The molecule has 0 saturated heterocycles. The number of hydrogen-bond donors (Lipinski definition) is 1. The van der Waals surface area contributed by atoms with Crippen molar-refractivity contribution in [2.75, 3.05) is 13.2 Å². The molecule has 0 saturated carbocycles. The standard InChI is InChI=1S/C16H27NO/c1-5-9-13(4)16(17-6-2)14-10-8-11-15(12-14)18-7-3/h8,10-13,16-17H,5-7,9H2,1-4H3. The molecule has 0 bridgehead atoms. The SMILES string of the molecule is CCCC(C)C(NCC)c1cccc(OCC)c1. The highest BCUT2D eigenvalue weighted by molar-refractivity contribution is 5.31. The van der Waals surface area contributed by atoms with Crippen molar-refractivity contribution < 1.29 is 4.74 Å². The van der Waals surface area contributed by atoms with E-state index in [2.05, 4.69) is 44.3 Å². The van der Waals surface area contributed by atoms with Gasteiger partial charge in [-0.2, -0.15) is 0 Å². The van der Waals surface area contributed by atoms with Gasteiger partial charge in [0.1, 0.15) is 5.75 Å². The topological polar surface area (TPSA) is 21.3 Å². The van der Waals surface area contributed by atoms with Crippen LogP contribution in [0.3, 0.4) is 0 Å². The van der Waals surface area contributed by atoms with Gasteiger partial charge in [-0.25, -0.2) is 0 Å². The summed E-state index contributed by atoms with van der Waals surface area (Å²) in [7, 11) is 0. The number of ether oxygens (including phenoxy) is 1. The molecule has 102 valence electrons. The molecule has 0 aliphatic heterocycles. The Morgan fingerprint density at radius 2 is 2.00 bits per heavy atom. The van der Waals surface area contributed by atoms with Gasteiger partial charge in [-0.05, 0) is 43.5 Å². The highest BCUT2D eigenvalue weighted by Crippen LogP contribution is 2.27. The van der Waals surface area contributed by atoms with Crippen molar-refractivity contribution in [3.8, 4) is 5.75 Å². The average molecular weight is 249 g/mol. The van der Waals surface area contributed by atoms with Crippen LogP contribution in [0.1, 0.15) is 52.1 Å². The van der Waals surface area contributed by atoms with Crippen LogP contribution in [0.5, 0.6) is 5.75 Å². The summed E-state index contributed by atoms with van der Waals surface area (Å²) in [6.45, 7) is 10.5. The third kappa shape index (κ3) is 4.34. The minimum absolute atomic E-state index is 0.426. The molecule has 1 rings (SSSR count). The summed E-state index contributed by atoms with van der Waals surface area (Å²) in [6.07, 6.45) is 2.48. The van der Waals surface area contributed by atoms with Gasteiger partial charge in [0.05, 0.1) is 6.61 Å². The smallest absolute Gasteiger partial charge is 0.119 e. The minimum atomic E-state index is 0.426. The first-order valence-corrected chi connectivity index (χ1v) is 7.19. The van der Waals surface area contributed by atoms with Gasteiger partial charge in [0, 0.05) is 6.04 Å². The molecule has 2 nitrogen and oxygen atoms in total. The van der Waals surface area contributed by atoms with E-state index in [4.69, 9.17) is 4.74 Å². The van der Waals surface area contributed by atoms with Crippen molar-refractivity contribution in [1.82, 2.24) is 5.32 Å². The highest BCUT2D eigenvalue weighted by atomic mass is 16.5. The van der Waals surface area contributed by atoms with Gasteiger partial charge in [0.25, 0.3) is 0 Å². The lowest BCUT2D eigenvalue weighted by molar-refractivity contribution is 0.336. The molecule has 1 N–H and O–H groups in total. The van der Waals surface area contributed by atoms with Gasteiger partial charge in [0.2, 0.25) is 0 Å². The lowest BCUT2D eigenvalue weighted by atomic mass is 9.91. The molecule has 0 aliphatic rings. The zero-order chi connectivity index (χ0) is 13.4. The molecule has 0 aliphatic carbocycles. The summed E-state index contributed by atoms with van der Waals surface area (Å²) in [5.74, 6) is 1.62. The number of benzene rings is 1. The molecule has 0 amide bonds. The van der Waals surface area contributed by atoms with E-state index < -0.39 is 0 Å². The monoisotopic (exact) mass is 249 g/mol. The highest BCUT2D eigenvalue weighted by Gasteiger charge is 2.17. The number of rotatable bonds is 8. The molecule has 2 atom stereocenters. The normalized spacial score (nSPS) is 14.2. The molecule has 0 fully saturated rings. The van der Waals surface area contributed by atoms with Crippen molar-refractivity contribution in [3.63, 3.8) is 0 Å². The Hall–Kier alpha value is -1.02. The number of nitrogens with one attached hydrogen (secondary N) is 1. The van der Waals surface area contributed by atoms with Crippen LogP contribution in [0, 0.1) is 5.92 Å². The van der Waals surface area contributed by atoms with E-state index in [1.165, 1.54) is 18.4 Å². The molecule has 0 heterocycles. The second kappa shape index (κ2) is 8.15. The maximum Gasteiger partial charge on any atom is 0.119 e. The predicted octanol–water partition coefficient (Wildman–Crippen LogP) is 4.17. The fraction of sp³-hybridized carbons (Fsp3) is 0.625. The van der Waals surface area contributed by atoms with Crippen LogP contribution >= 0.6 is 0 Å². The van der Waals surface area contributed by atoms with Crippen molar-refractivity contribution in [2.45, 2.75) is 46.6 Å². The van der Waals surface area contributed by atoms with E-state index in [1.807, 2.05) is 13.0 Å². The van der Waals surface area contributed by atoms with Crippen molar-refractivity contribution in [3.05, 3.63) is 29.8 Å². The molecular formula is C16H27NO. The lowest BCUT2D eigenvalue weighted by Crippen LogP contribution is -2.26. The Bertz CT molecular complexity index is 338. The molecule has 18 heavy (non-hydrogen) atoms. The van der Waals surface area contributed by atoms with Gasteiger partial charge in [-0.1, -0.05) is 39.3 Å². The van der Waals surface area contributed by atoms with E-state index in [9.17, 15) is 0 Å². The third-order valence-electron chi connectivity index (χ3n) is 3.27. The Labute approximate surface area is 112 Å². The summed E-state index contributed by atoms with van der Waals surface area (Å²) in [5, 5.41) is 3.60. The Kier molecular flexibility index (Phi) is 6.81. The van der Waals surface area contributed by atoms with E-state index >= 15 is 0 Å². The van der Waals surface area contributed by atoms with Gasteiger partial charge < -0.3 is 10.1 Å². The van der Waals surface area contributed by atoms with E-state index in [-0.39, 0.29) is 0 Å². The predicted molar refractivity (Wildman–Crippen MR) is 78.1 cm³/mol. The molecule has 2 unspecified atom stereocenters. The average Bonchev–Trinajstić information content (AvgIpc) is 2.37. The van der Waals surface area contributed by atoms with Gasteiger partial charge in [-0.15, -0.1) is 0 Å². The minimum Gasteiger partial charge on any atom is -0.494 e. The molecule has 0 spiro atoms. The van der Waals surface area contributed by atoms with Crippen molar-refractivity contribution in [1.29, 1.82) is 0 Å². The van der Waals surface area contributed by atoms with Crippen LogP contribution in [-0.4, -0.2) is 13.2 Å². The largest absolute Gasteiger partial charge is 0.494 e. The quantitative estimate of drug-likeness (QED) is 0.746. The van der Waals surface area contributed by atoms with Crippen LogP contribution < -0.4 is 10.1 Å². The lowest BCUT2D eigenvalue weighted by Gasteiger charge is -2.25. The second-order valence-electron chi connectivity index (χ2n) is 4.81. The Morgan fingerprint density at radius 1 is 1.22 bits per heavy atom. The Balaban J connectivity index is 2.86. The van der Waals surface area contributed by atoms with Crippen LogP contribution in [0.25, 0.3) is 0 Å². The molecule has 1 aromatic carbocycles. The van der Waals surface area contributed by atoms with E-state index in [0.717, 1.165) is 18.9 Å². The van der Waals surface area contributed by atoms with Gasteiger partial charge in [0.15, 0.2) is 0 Å². The van der Waals surface area contributed by atoms with Gasteiger partial charge in [-0.3, -0.25) is 0 Å². The summed E-state index contributed by atoms with van der Waals surface area (Å²) < 4.78 is 5.59. The summed E-state index contributed by atoms with van der Waals surface area (Å²) in [6, 6.07) is 8.91. The zero-order valence-corrected chi connectivity index (χ0v) is 12.2. The van der Waals surface area contributed by atoms with E-state index in [0.29, 0.717) is 12.0 Å². The molecule has 0 aromatic heterocycles. The van der Waals surface area contributed by atoms with E-state index in [1.54, 1.807) is 0 Å². The molecule has 1 aromatic rings. The zero-order valence-electron chi connectivity index (χ0n) is 12.2. The first kappa shape index (κ1) is 15.0. The van der Waals surface area contributed by atoms with Crippen molar-refractivity contribution in [2.24, 2.45) is 5.92 Å². The first-order chi connectivity index (χ1) is 8.72. The summed E-state index contributed by atoms with van der Waals surface area (Å²) >= 11 is 0. The first-order valence-electron chi connectivity index (χ1n) is 7.19. The Morgan fingerprint density at radius 3 is 2.61 bits per heavy atom. The molecular weight excluding hydrogens is 222 g/mol. The summed E-state index contributed by atoms with van der Waals surface area (Å²) in [4.78, 5) is 0. The fourth-order valence-corrected chi connectivity index (χ4v) is 2.45. The van der Waals surface area contributed by atoms with Crippen LogP contribution in [0.15, 0.2) is 24.3 Å². The van der Waals surface area contributed by atoms with Crippen LogP contribution in [-0.2, 0) is 0 Å². The third-order valence-corrected chi connectivity index (χ3v) is 3.27. The van der Waals surface area contributed by atoms with Crippen molar-refractivity contribution >= 4 is 0 Å². The van der Waals surface area contributed by atoms with Gasteiger partial charge >= 0.3 is 0 Å². The maximum absolute atomic E-state index is 5.59. The van der Waals surface area contributed by atoms with Crippen LogP contribution in [0.2, 0.25) is 0 Å².